The fraction of sp³-hybridized carbons (Fsp3) is 0.294. The number of benzene rings is 2. The van der Waals surface area contributed by atoms with Crippen molar-refractivity contribution < 1.29 is 8.78 Å². The SMILES string of the molecule is Fc1ccc(-c2ccc(C3CC[Si](Cl)CC3)cc2)cc1F. The zero-order valence-corrected chi connectivity index (χ0v) is 13.3. The lowest BCUT2D eigenvalue weighted by Crippen LogP contribution is -2.14. The van der Waals surface area contributed by atoms with E-state index in [4.69, 9.17) is 11.1 Å². The minimum absolute atomic E-state index is 0.594. The third kappa shape index (κ3) is 3.35. The van der Waals surface area contributed by atoms with Gasteiger partial charge in [-0.1, -0.05) is 30.3 Å². The van der Waals surface area contributed by atoms with Crippen molar-refractivity contribution in [2.24, 2.45) is 0 Å². The molecule has 1 aliphatic heterocycles. The molecule has 0 atom stereocenters. The van der Waals surface area contributed by atoms with Crippen molar-refractivity contribution in [1.29, 1.82) is 0 Å². The molecule has 1 fully saturated rings. The first-order chi connectivity index (χ1) is 10.1. The molecule has 1 radical (unpaired) electrons. The number of rotatable bonds is 2. The molecule has 109 valence electrons. The minimum atomic E-state index is -0.809. The van der Waals surface area contributed by atoms with Gasteiger partial charge in [0.2, 0.25) is 0 Å². The lowest BCUT2D eigenvalue weighted by Gasteiger charge is -2.24. The molecule has 1 aliphatic rings. The molecule has 2 aromatic carbocycles. The Morgan fingerprint density at radius 2 is 1.48 bits per heavy atom. The Hall–Kier alpha value is -1.19. The lowest BCUT2D eigenvalue weighted by atomic mass is 9.92. The van der Waals surface area contributed by atoms with Crippen molar-refractivity contribution in [3.05, 3.63) is 59.7 Å². The molecule has 1 saturated heterocycles. The highest BCUT2D eigenvalue weighted by Crippen LogP contribution is 2.35. The van der Waals surface area contributed by atoms with Crippen molar-refractivity contribution in [3.8, 4) is 11.1 Å². The first-order valence-electron chi connectivity index (χ1n) is 7.19. The summed E-state index contributed by atoms with van der Waals surface area (Å²) >= 11 is 6.24. The van der Waals surface area contributed by atoms with Crippen LogP contribution in [0.1, 0.15) is 24.3 Å². The quantitative estimate of drug-likeness (QED) is 0.489. The molecular weight excluding hydrogens is 306 g/mol. The van der Waals surface area contributed by atoms with Gasteiger partial charge in [0, 0.05) is 0 Å². The van der Waals surface area contributed by atoms with Crippen LogP contribution in [-0.2, 0) is 0 Å². The van der Waals surface area contributed by atoms with E-state index in [1.54, 1.807) is 6.07 Å². The van der Waals surface area contributed by atoms with Crippen LogP contribution in [0, 0.1) is 11.6 Å². The molecule has 4 heteroatoms. The predicted octanol–water partition coefficient (Wildman–Crippen LogP) is 5.74. The van der Waals surface area contributed by atoms with E-state index in [0.29, 0.717) is 11.5 Å². The third-order valence-electron chi connectivity index (χ3n) is 4.16. The van der Waals surface area contributed by atoms with E-state index in [1.165, 1.54) is 42.6 Å². The second kappa shape index (κ2) is 6.28. The van der Waals surface area contributed by atoms with Gasteiger partial charge >= 0.3 is 0 Å². The molecule has 0 aromatic heterocycles. The van der Waals surface area contributed by atoms with Crippen molar-refractivity contribution in [3.63, 3.8) is 0 Å². The molecular formula is C17H16ClF2Si. The zero-order chi connectivity index (χ0) is 14.8. The van der Waals surface area contributed by atoms with Crippen LogP contribution in [-0.4, -0.2) is 8.11 Å². The Labute approximate surface area is 130 Å². The fourth-order valence-electron chi connectivity index (χ4n) is 2.89. The van der Waals surface area contributed by atoms with Crippen molar-refractivity contribution in [1.82, 2.24) is 0 Å². The van der Waals surface area contributed by atoms with E-state index in [-0.39, 0.29) is 0 Å². The van der Waals surface area contributed by atoms with E-state index in [1.807, 2.05) is 12.1 Å². The summed E-state index contributed by atoms with van der Waals surface area (Å²) in [6, 6.07) is 14.5. The van der Waals surface area contributed by atoms with E-state index >= 15 is 0 Å². The maximum Gasteiger partial charge on any atom is 0.165 e. The molecule has 0 aliphatic carbocycles. The van der Waals surface area contributed by atoms with Gasteiger partial charge < -0.3 is 0 Å². The van der Waals surface area contributed by atoms with Crippen LogP contribution in [0.15, 0.2) is 42.5 Å². The second-order valence-corrected chi connectivity index (χ2v) is 9.18. The minimum Gasteiger partial charge on any atom is -0.204 e. The van der Waals surface area contributed by atoms with Crippen LogP contribution in [0.4, 0.5) is 8.78 Å². The van der Waals surface area contributed by atoms with E-state index in [9.17, 15) is 8.78 Å². The average molecular weight is 322 g/mol. The summed E-state index contributed by atoms with van der Waals surface area (Å²) in [5, 5.41) is 0. The van der Waals surface area contributed by atoms with Crippen LogP contribution in [0.5, 0.6) is 0 Å². The van der Waals surface area contributed by atoms with Crippen LogP contribution in [0.25, 0.3) is 11.1 Å². The number of hydrogen-bond donors (Lipinski definition) is 0. The van der Waals surface area contributed by atoms with Crippen molar-refractivity contribution >= 4 is 19.2 Å². The summed E-state index contributed by atoms with van der Waals surface area (Å²) in [6.45, 7) is 0. The standard InChI is InChI=1S/C17H16ClF2Si/c18-21-9-7-14(8-10-21)12-1-3-13(4-2-12)15-5-6-16(19)17(20)11-15/h1-6,11,14H,7-10H2. The molecule has 21 heavy (non-hydrogen) atoms. The average Bonchev–Trinajstić information content (AvgIpc) is 2.51. The number of hydrogen-bond acceptors (Lipinski definition) is 0. The van der Waals surface area contributed by atoms with Crippen molar-refractivity contribution in [2.45, 2.75) is 30.8 Å². The van der Waals surface area contributed by atoms with Gasteiger partial charge in [-0.05, 0) is 59.7 Å². The Kier molecular flexibility index (Phi) is 4.41. The second-order valence-electron chi connectivity index (χ2n) is 5.54. The van der Waals surface area contributed by atoms with E-state index < -0.39 is 19.7 Å². The fourth-order valence-corrected chi connectivity index (χ4v) is 5.12. The Balaban J connectivity index is 1.79. The van der Waals surface area contributed by atoms with Crippen LogP contribution < -0.4 is 0 Å². The first-order valence-corrected chi connectivity index (χ1v) is 10.1. The monoisotopic (exact) mass is 321 g/mol. The van der Waals surface area contributed by atoms with Gasteiger partial charge in [0.25, 0.3) is 0 Å². The zero-order valence-electron chi connectivity index (χ0n) is 11.6. The summed E-state index contributed by atoms with van der Waals surface area (Å²) in [5.41, 5.74) is 2.94. The highest BCUT2D eigenvalue weighted by Gasteiger charge is 2.22. The smallest absolute Gasteiger partial charge is 0.165 e. The van der Waals surface area contributed by atoms with Gasteiger partial charge in [0.15, 0.2) is 19.7 Å². The molecule has 0 N–H and O–H groups in total. The van der Waals surface area contributed by atoms with Crippen LogP contribution >= 0.6 is 11.1 Å². The predicted molar refractivity (Wildman–Crippen MR) is 85.0 cm³/mol. The lowest BCUT2D eigenvalue weighted by molar-refractivity contribution is 0.509. The highest BCUT2D eigenvalue weighted by molar-refractivity contribution is 7.07. The Morgan fingerprint density at radius 3 is 2.10 bits per heavy atom. The first kappa shape index (κ1) is 14.7. The Bertz CT molecular complexity index is 619. The van der Waals surface area contributed by atoms with Gasteiger partial charge in [0.05, 0.1) is 0 Å². The van der Waals surface area contributed by atoms with Gasteiger partial charge in [-0.3, -0.25) is 0 Å². The van der Waals surface area contributed by atoms with Gasteiger partial charge in [-0.25, -0.2) is 8.78 Å². The van der Waals surface area contributed by atoms with E-state index in [0.717, 1.165) is 5.56 Å². The largest absolute Gasteiger partial charge is 0.204 e. The van der Waals surface area contributed by atoms with Crippen molar-refractivity contribution in [2.75, 3.05) is 0 Å². The highest BCUT2D eigenvalue weighted by atomic mass is 35.6. The van der Waals surface area contributed by atoms with Gasteiger partial charge in [-0.2, -0.15) is 11.1 Å². The van der Waals surface area contributed by atoms with Gasteiger partial charge in [0.1, 0.15) is 0 Å². The van der Waals surface area contributed by atoms with Gasteiger partial charge in [-0.15, -0.1) is 0 Å². The summed E-state index contributed by atoms with van der Waals surface area (Å²) < 4.78 is 26.3. The maximum atomic E-state index is 13.3. The molecule has 0 spiro atoms. The summed E-state index contributed by atoms with van der Waals surface area (Å²) in [7, 11) is -0.597. The summed E-state index contributed by atoms with van der Waals surface area (Å²) in [4.78, 5) is 0. The van der Waals surface area contributed by atoms with Crippen LogP contribution in [0.2, 0.25) is 12.1 Å². The Morgan fingerprint density at radius 1 is 0.857 bits per heavy atom. The molecule has 1 heterocycles. The maximum absolute atomic E-state index is 13.3. The summed E-state index contributed by atoms with van der Waals surface area (Å²) in [6.07, 6.45) is 2.34. The normalized spacial score (nSPS) is 17.1. The third-order valence-corrected chi connectivity index (χ3v) is 6.96. The molecule has 0 bridgehead atoms. The molecule has 2 aromatic rings. The molecule has 0 saturated carbocycles. The van der Waals surface area contributed by atoms with Crippen LogP contribution in [0.3, 0.4) is 0 Å². The molecule has 0 amide bonds. The topological polar surface area (TPSA) is 0 Å². The molecule has 3 rings (SSSR count). The van der Waals surface area contributed by atoms with E-state index in [2.05, 4.69) is 12.1 Å². The number of halogens is 3. The molecule has 0 nitrogen and oxygen atoms in total. The molecule has 0 unspecified atom stereocenters. The summed E-state index contributed by atoms with van der Waals surface area (Å²) in [5.74, 6) is -1.02.